The van der Waals surface area contributed by atoms with E-state index in [0.717, 1.165) is 18.8 Å². The van der Waals surface area contributed by atoms with Crippen molar-refractivity contribution in [2.45, 2.75) is 20.8 Å². The fourth-order valence-electron chi connectivity index (χ4n) is 1.60. The predicted molar refractivity (Wildman–Crippen MR) is 63.9 cm³/mol. The summed E-state index contributed by atoms with van der Waals surface area (Å²) in [6.07, 6.45) is 0. The Morgan fingerprint density at radius 1 is 1.29 bits per heavy atom. The first-order valence-electron chi connectivity index (χ1n) is 5.05. The van der Waals surface area contributed by atoms with Crippen LogP contribution in [0.1, 0.15) is 19.4 Å². The van der Waals surface area contributed by atoms with E-state index in [9.17, 15) is 0 Å². The Labute approximate surface area is 86.3 Å². The minimum Gasteiger partial charge on any atom is -0.372 e. The predicted octanol–water partition coefficient (Wildman–Crippen LogP) is 3.17. The third-order valence-electron chi connectivity index (χ3n) is 2.48. The molecule has 76 valence electrons. The molecule has 0 aliphatic rings. The zero-order chi connectivity index (χ0) is 10.6. The third-order valence-corrected chi connectivity index (χ3v) is 2.48. The van der Waals surface area contributed by atoms with Gasteiger partial charge in [0, 0.05) is 18.8 Å². The number of aryl methyl sites for hydroxylation is 1. The maximum atomic E-state index is 3.95. The largest absolute Gasteiger partial charge is 0.372 e. The molecule has 0 saturated carbocycles. The van der Waals surface area contributed by atoms with Crippen LogP contribution in [0.4, 0.5) is 11.4 Å². The van der Waals surface area contributed by atoms with E-state index in [4.69, 9.17) is 0 Å². The Morgan fingerprint density at radius 2 is 1.93 bits per heavy atom. The van der Waals surface area contributed by atoms with Gasteiger partial charge in [0.15, 0.2) is 0 Å². The molecule has 0 amide bonds. The monoisotopic (exact) mass is 190 g/mol. The van der Waals surface area contributed by atoms with E-state index >= 15 is 0 Å². The lowest BCUT2D eigenvalue weighted by atomic mass is 10.1. The number of nitrogens with zero attached hydrogens (tertiary/aromatic N) is 2. The Morgan fingerprint density at radius 3 is 2.36 bits per heavy atom. The third kappa shape index (κ3) is 2.13. The highest BCUT2D eigenvalue weighted by atomic mass is 15.1. The maximum Gasteiger partial charge on any atom is 0.0653 e. The fourth-order valence-corrected chi connectivity index (χ4v) is 1.60. The first-order valence-corrected chi connectivity index (χ1v) is 5.05. The molecule has 0 heterocycles. The number of anilines is 1. The molecule has 0 atom stereocenters. The van der Waals surface area contributed by atoms with Gasteiger partial charge in [0.1, 0.15) is 0 Å². The van der Waals surface area contributed by atoms with Crippen LogP contribution in [-0.2, 0) is 0 Å². The lowest BCUT2D eigenvalue weighted by Gasteiger charge is -2.21. The maximum absolute atomic E-state index is 3.95. The molecular weight excluding hydrogens is 172 g/mol. The van der Waals surface area contributed by atoms with Gasteiger partial charge in [-0.15, -0.1) is 0 Å². The SMILES string of the molecule is C=Nc1ccc(N(CC)CC)cc1C. The topological polar surface area (TPSA) is 15.6 Å². The molecule has 0 aliphatic heterocycles. The molecule has 0 N–H and O–H groups in total. The summed E-state index contributed by atoms with van der Waals surface area (Å²) < 4.78 is 0. The van der Waals surface area contributed by atoms with Gasteiger partial charge in [-0.2, -0.15) is 0 Å². The second-order valence-electron chi connectivity index (χ2n) is 3.30. The number of rotatable bonds is 4. The van der Waals surface area contributed by atoms with E-state index in [1.54, 1.807) is 0 Å². The summed E-state index contributed by atoms with van der Waals surface area (Å²) in [7, 11) is 0. The Balaban J connectivity index is 3.00. The van der Waals surface area contributed by atoms with Crippen LogP contribution in [0, 0.1) is 6.92 Å². The van der Waals surface area contributed by atoms with Gasteiger partial charge >= 0.3 is 0 Å². The Kier molecular flexibility index (Phi) is 3.69. The summed E-state index contributed by atoms with van der Waals surface area (Å²) in [5.41, 5.74) is 3.42. The van der Waals surface area contributed by atoms with Crippen LogP contribution in [-0.4, -0.2) is 19.8 Å². The van der Waals surface area contributed by atoms with Crippen LogP contribution in [0.25, 0.3) is 0 Å². The van der Waals surface area contributed by atoms with Crippen LogP contribution < -0.4 is 4.90 Å². The normalized spacial score (nSPS) is 9.93. The molecule has 0 spiro atoms. The van der Waals surface area contributed by atoms with Gasteiger partial charge < -0.3 is 4.90 Å². The summed E-state index contributed by atoms with van der Waals surface area (Å²) in [5.74, 6) is 0. The first-order chi connectivity index (χ1) is 6.72. The lowest BCUT2D eigenvalue weighted by Crippen LogP contribution is -2.21. The highest BCUT2D eigenvalue weighted by molar-refractivity contribution is 5.59. The van der Waals surface area contributed by atoms with E-state index in [1.807, 2.05) is 6.07 Å². The minimum atomic E-state index is 0.973. The number of aliphatic imine (C=N–C) groups is 1. The van der Waals surface area contributed by atoms with Crippen LogP contribution in [0.3, 0.4) is 0 Å². The molecule has 0 aliphatic carbocycles. The van der Waals surface area contributed by atoms with E-state index in [1.165, 1.54) is 11.3 Å². The molecule has 0 bridgehead atoms. The highest BCUT2D eigenvalue weighted by Gasteiger charge is 2.03. The summed E-state index contributed by atoms with van der Waals surface area (Å²) >= 11 is 0. The van der Waals surface area contributed by atoms with Gasteiger partial charge in [0.05, 0.1) is 5.69 Å². The van der Waals surface area contributed by atoms with E-state index < -0.39 is 0 Å². The molecule has 1 aromatic rings. The van der Waals surface area contributed by atoms with Crippen molar-refractivity contribution in [3.8, 4) is 0 Å². The molecule has 14 heavy (non-hydrogen) atoms. The van der Waals surface area contributed by atoms with Gasteiger partial charge in [0.2, 0.25) is 0 Å². The molecule has 0 aromatic heterocycles. The average Bonchev–Trinajstić information content (AvgIpc) is 2.20. The van der Waals surface area contributed by atoms with Crippen molar-refractivity contribution in [1.29, 1.82) is 0 Å². The van der Waals surface area contributed by atoms with Crippen LogP contribution in [0.2, 0.25) is 0 Å². The molecule has 1 rings (SSSR count). The second-order valence-corrected chi connectivity index (χ2v) is 3.30. The van der Waals surface area contributed by atoms with Crippen molar-refractivity contribution in [3.05, 3.63) is 23.8 Å². The van der Waals surface area contributed by atoms with Crippen molar-refractivity contribution in [2.75, 3.05) is 18.0 Å². The average molecular weight is 190 g/mol. The molecule has 0 unspecified atom stereocenters. The number of benzene rings is 1. The standard InChI is InChI=1S/C12H18N2/c1-5-14(6-2)11-7-8-12(13-4)10(3)9-11/h7-9H,4-6H2,1-3H3. The summed E-state index contributed by atoms with van der Waals surface area (Å²) in [6, 6.07) is 6.29. The fraction of sp³-hybridized carbons (Fsp3) is 0.417. The van der Waals surface area contributed by atoms with Gasteiger partial charge in [-0.05, 0) is 51.3 Å². The molecular formula is C12H18N2. The smallest absolute Gasteiger partial charge is 0.0653 e. The number of hydrogen-bond donors (Lipinski definition) is 0. The van der Waals surface area contributed by atoms with Crippen molar-refractivity contribution in [2.24, 2.45) is 4.99 Å². The first kappa shape index (κ1) is 10.8. The molecule has 1 aromatic carbocycles. The van der Waals surface area contributed by atoms with Crippen LogP contribution >= 0.6 is 0 Å². The van der Waals surface area contributed by atoms with Gasteiger partial charge in [-0.1, -0.05) is 0 Å². The van der Waals surface area contributed by atoms with Crippen molar-refractivity contribution >= 4 is 18.1 Å². The molecule has 0 radical (unpaired) electrons. The van der Waals surface area contributed by atoms with Crippen molar-refractivity contribution in [3.63, 3.8) is 0 Å². The van der Waals surface area contributed by atoms with Gasteiger partial charge in [-0.25, -0.2) is 0 Å². The summed E-state index contributed by atoms with van der Waals surface area (Å²) in [6.45, 7) is 12.0. The summed E-state index contributed by atoms with van der Waals surface area (Å²) in [5, 5.41) is 0. The molecule has 2 heteroatoms. The zero-order valence-electron chi connectivity index (χ0n) is 9.25. The van der Waals surface area contributed by atoms with E-state index in [2.05, 4.69) is 49.5 Å². The van der Waals surface area contributed by atoms with Crippen LogP contribution in [0.15, 0.2) is 23.2 Å². The Hall–Kier alpha value is -1.31. The van der Waals surface area contributed by atoms with Gasteiger partial charge in [0.25, 0.3) is 0 Å². The quantitative estimate of drug-likeness (QED) is 0.666. The molecule has 2 nitrogen and oxygen atoms in total. The molecule has 0 fully saturated rings. The second kappa shape index (κ2) is 4.80. The Bertz CT molecular complexity index is 314. The van der Waals surface area contributed by atoms with Crippen molar-refractivity contribution < 1.29 is 0 Å². The molecule has 0 saturated heterocycles. The van der Waals surface area contributed by atoms with Crippen molar-refractivity contribution in [1.82, 2.24) is 0 Å². The van der Waals surface area contributed by atoms with Crippen LogP contribution in [0.5, 0.6) is 0 Å². The van der Waals surface area contributed by atoms with E-state index in [-0.39, 0.29) is 0 Å². The summed E-state index contributed by atoms with van der Waals surface area (Å²) in [4.78, 5) is 6.27. The van der Waals surface area contributed by atoms with Gasteiger partial charge in [-0.3, -0.25) is 4.99 Å². The lowest BCUT2D eigenvalue weighted by molar-refractivity contribution is 0.865. The highest BCUT2D eigenvalue weighted by Crippen LogP contribution is 2.24. The van der Waals surface area contributed by atoms with E-state index in [0.29, 0.717) is 0 Å². The minimum absolute atomic E-state index is 0.973. The zero-order valence-corrected chi connectivity index (χ0v) is 9.25. The number of hydrogen-bond acceptors (Lipinski definition) is 2.